The first kappa shape index (κ1) is 20.6. The van der Waals surface area contributed by atoms with Crippen molar-refractivity contribution in [2.45, 2.75) is 33.0 Å². The first-order valence-corrected chi connectivity index (χ1v) is 10.6. The molecule has 8 nitrogen and oxygen atoms in total. The fourth-order valence-electron chi connectivity index (χ4n) is 3.54. The Morgan fingerprint density at radius 1 is 0.968 bits per heavy atom. The largest absolute Gasteiger partial charge is 0.355 e. The van der Waals surface area contributed by atoms with Crippen LogP contribution < -0.4 is 10.6 Å². The Balaban J connectivity index is 1.27. The lowest BCUT2D eigenvalue weighted by Crippen LogP contribution is -2.38. The van der Waals surface area contributed by atoms with Crippen LogP contribution in [0.25, 0.3) is 11.0 Å². The SMILES string of the molecule is CCc1nncn1CCNC(=NC)NCc1ccc(Cn2cnc3ccccc32)cc1. The van der Waals surface area contributed by atoms with Crippen LogP contribution in [0.2, 0.25) is 0 Å². The van der Waals surface area contributed by atoms with Crippen LogP contribution in [0.3, 0.4) is 0 Å². The van der Waals surface area contributed by atoms with Gasteiger partial charge in [-0.15, -0.1) is 10.2 Å². The molecular formula is C23H28N8. The van der Waals surface area contributed by atoms with Gasteiger partial charge in [0.05, 0.1) is 17.4 Å². The fourth-order valence-corrected chi connectivity index (χ4v) is 3.54. The molecule has 2 N–H and O–H groups in total. The highest BCUT2D eigenvalue weighted by Gasteiger charge is 2.04. The minimum absolute atomic E-state index is 0.709. The topological polar surface area (TPSA) is 85.0 Å². The van der Waals surface area contributed by atoms with Gasteiger partial charge in [0.1, 0.15) is 12.2 Å². The number of hydrogen-bond acceptors (Lipinski definition) is 4. The maximum atomic E-state index is 4.47. The predicted octanol–water partition coefficient (Wildman–Crippen LogP) is 2.60. The summed E-state index contributed by atoms with van der Waals surface area (Å²) in [5, 5.41) is 14.8. The van der Waals surface area contributed by atoms with Gasteiger partial charge in [-0.1, -0.05) is 43.3 Å². The van der Waals surface area contributed by atoms with E-state index in [1.54, 1.807) is 13.4 Å². The van der Waals surface area contributed by atoms with Crippen molar-refractivity contribution in [3.05, 3.63) is 78.1 Å². The monoisotopic (exact) mass is 416 g/mol. The van der Waals surface area contributed by atoms with Crippen LogP contribution in [-0.4, -0.2) is 43.9 Å². The number of hydrogen-bond donors (Lipinski definition) is 2. The van der Waals surface area contributed by atoms with E-state index in [9.17, 15) is 0 Å². The van der Waals surface area contributed by atoms with Crippen molar-refractivity contribution in [3.63, 3.8) is 0 Å². The molecule has 0 aliphatic heterocycles. The number of imidazole rings is 1. The van der Waals surface area contributed by atoms with Crippen molar-refractivity contribution in [1.82, 2.24) is 34.9 Å². The molecule has 0 aliphatic rings. The average Bonchev–Trinajstić information content (AvgIpc) is 3.44. The summed E-state index contributed by atoms with van der Waals surface area (Å²) in [5.41, 5.74) is 4.63. The van der Waals surface area contributed by atoms with Crippen LogP contribution in [0.1, 0.15) is 23.9 Å². The highest BCUT2D eigenvalue weighted by atomic mass is 15.3. The number of guanidine groups is 1. The molecule has 31 heavy (non-hydrogen) atoms. The Kier molecular flexibility index (Phi) is 6.56. The van der Waals surface area contributed by atoms with Crippen LogP contribution in [0, 0.1) is 0 Å². The average molecular weight is 417 g/mol. The highest BCUT2D eigenvalue weighted by Crippen LogP contribution is 2.14. The Morgan fingerprint density at radius 3 is 2.58 bits per heavy atom. The molecule has 2 heterocycles. The summed E-state index contributed by atoms with van der Waals surface area (Å²) in [7, 11) is 1.78. The Morgan fingerprint density at radius 2 is 1.77 bits per heavy atom. The first-order valence-electron chi connectivity index (χ1n) is 10.6. The lowest BCUT2D eigenvalue weighted by atomic mass is 10.1. The maximum absolute atomic E-state index is 4.47. The van der Waals surface area contributed by atoms with Crippen molar-refractivity contribution in [2.75, 3.05) is 13.6 Å². The van der Waals surface area contributed by atoms with Gasteiger partial charge in [0, 0.05) is 39.6 Å². The summed E-state index contributed by atoms with van der Waals surface area (Å²) in [6.07, 6.45) is 4.55. The molecule has 4 aromatic rings. The van der Waals surface area contributed by atoms with Gasteiger partial charge in [0.15, 0.2) is 5.96 Å². The van der Waals surface area contributed by atoms with Crippen molar-refractivity contribution in [3.8, 4) is 0 Å². The molecule has 0 aliphatic carbocycles. The first-order chi connectivity index (χ1) is 15.3. The number of para-hydroxylation sites is 2. The van der Waals surface area contributed by atoms with Crippen LogP contribution in [-0.2, 0) is 26.1 Å². The van der Waals surface area contributed by atoms with Gasteiger partial charge in [-0.3, -0.25) is 4.99 Å². The Labute approximate surface area is 182 Å². The highest BCUT2D eigenvalue weighted by molar-refractivity contribution is 5.79. The van der Waals surface area contributed by atoms with Crippen molar-refractivity contribution < 1.29 is 0 Å². The summed E-state index contributed by atoms with van der Waals surface area (Å²) in [5.74, 6) is 1.77. The van der Waals surface area contributed by atoms with E-state index in [1.165, 1.54) is 11.1 Å². The fraction of sp³-hybridized carbons (Fsp3) is 0.304. The number of rotatable bonds is 8. The summed E-state index contributed by atoms with van der Waals surface area (Å²) in [6, 6.07) is 16.8. The van der Waals surface area contributed by atoms with E-state index in [1.807, 2.05) is 24.5 Å². The zero-order chi connectivity index (χ0) is 21.5. The second-order valence-corrected chi connectivity index (χ2v) is 7.32. The van der Waals surface area contributed by atoms with Gasteiger partial charge >= 0.3 is 0 Å². The van der Waals surface area contributed by atoms with Crippen LogP contribution in [0.4, 0.5) is 0 Å². The lowest BCUT2D eigenvalue weighted by Gasteiger charge is -2.13. The zero-order valence-corrected chi connectivity index (χ0v) is 18.0. The van der Waals surface area contributed by atoms with E-state index >= 15 is 0 Å². The number of aromatic nitrogens is 5. The van der Waals surface area contributed by atoms with E-state index < -0.39 is 0 Å². The van der Waals surface area contributed by atoms with Crippen molar-refractivity contribution >= 4 is 17.0 Å². The summed E-state index contributed by atoms with van der Waals surface area (Å²) >= 11 is 0. The second-order valence-electron chi connectivity index (χ2n) is 7.32. The molecule has 0 fully saturated rings. The van der Waals surface area contributed by atoms with Crippen LogP contribution in [0.15, 0.2) is 66.2 Å². The van der Waals surface area contributed by atoms with Crippen molar-refractivity contribution in [2.24, 2.45) is 4.99 Å². The van der Waals surface area contributed by atoms with Crippen LogP contribution in [0.5, 0.6) is 0 Å². The van der Waals surface area contributed by atoms with Gasteiger partial charge < -0.3 is 19.8 Å². The molecule has 0 radical (unpaired) electrons. The summed E-state index contributed by atoms with van der Waals surface area (Å²) in [6.45, 7) is 5.15. The van der Waals surface area contributed by atoms with Gasteiger partial charge in [-0.05, 0) is 23.3 Å². The second kappa shape index (κ2) is 9.88. The molecule has 4 rings (SSSR count). The van der Waals surface area contributed by atoms with Gasteiger partial charge in [0.25, 0.3) is 0 Å². The van der Waals surface area contributed by atoms with E-state index in [2.05, 4.69) is 77.2 Å². The molecule has 2 aromatic heterocycles. The number of aryl methyl sites for hydroxylation is 1. The minimum Gasteiger partial charge on any atom is -0.355 e. The third kappa shape index (κ3) is 5.09. The Hall–Kier alpha value is -3.68. The molecule has 0 unspecified atom stereocenters. The number of nitrogens with zero attached hydrogens (tertiary/aromatic N) is 6. The third-order valence-electron chi connectivity index (χ3n) is 5.24. The standard InChI is InChI=1S/C23H28N8/c1-3-22-29-28-17-30(22)13-12-25-23(24-2)26-14-18-8-10-19(11-9-18)15-31-16-27-20-6-4-5-7-21(20)31/h4-11,16-17H,3,12-15H2,1-2H3,(H2,24,25,26). The number of aliphatic imine (C=N–C) groups is 1. The summed E-state index contributed by atoms with van der Waals surface area (Å²) in [4.78, 5) is 8.77. The minimum atomic E-state index is 0.709. The van der Waals surface area contributed by atoms with Gasteiger partial charge in [-0.25, -0.2) is 4.98 Å². The zero-order valence-electron chi connectivity index (χ0n) is 18.0. The molecule has 0 spiro atoms. The normalized spacial score (nSPS) is 11.7. The molecule has 0 saturated heterocycles. The molecule has 0 bridgehead atoms. The third-order valence-corrected chi connectivity index (χ3v) is 5.24. The lowest BCUT2D eigenvalue weighted by molar-refractivity contribution is 0.632. The van der Waals surface area contributed by atoms with Gasteiger partial charge in [-0.2, -0.15) is 0 Å². The predicted molar refractivity (Wildman–Crippen MR) is 123 cm³/mol. The van der Waals surface area contributed by atoms with Gasteiger partial charge in [0.2, 0.25) is 0 Å². The molecule has 2 aromatic carbocycles. The van der Waals surface area contributed by atoms with E-state index in [0.29, 0.717) is 6.54 Å². The number of fused-ring (bicyclic) bond motifs is 1. The summed E-state index contributed by atoms with van der Waals surface area (Å²) < 4.78 is 4.23. The van der Waals surface area contributed by atoms with Crippen LogP contribution >= 0.6 is 0 Å². The molecule has 0 amide bonds. The Bertz CT molecular complexity index is 1140. The van der Waals surface area contributed by atoms with E-state index in [0.717, 1.165) is 48.9 Å². The quantitative estimate of drug-likeness (QED) is 0.341. The number of benzene rings is 2. The maximum Gasteiger partial charge on any atom is 0.191 e. The van der Waals surface area contributed by atoms with E-state index in [4.69, 9.17) is 0 Å². The number of nitrogens with one attached hydrogen (secondary N) is 2. The molecule has 0 saturated carbocycles. The molecule has 0 atom stereocenters. The molecule has 160 valence electrons. The smallest absolute Gasteiger partial charge is 0.191 e. The molecular weight excluding hydrogens is 388 g/mol. The molecule has 8 heteroatoms. The van der Waals surface area contributed by atoms with Crippen molar-refractivity contribution in [1.29, 1.82) is 0 Å². The van der Waals surface area contributed by atoms with E-state index in [-0.39, 0.29) is 0 Å².